The van der Waals surface area contributed by atoms with Crippen LogP contribution >= 0.6 is 0 Å². The van der Waals surface area contributed by atoms with E-state index >= 15 is 0 Å². The average Bonchev–Trinajstić information content (AvgIpc) is 2.74. The van der Waals surface area contributed by atoms with Gasteiger partial charge in [0.25, 0.3) is 15.9 Å². The fourth-order valence-corrected chi connectivity index (χ4v) is 3.82. The molecular formula is C24H24N2O3S. The molecule has 0 aliphatic carbocycles. The molecule has 0 bridgehead atoms. The van der Waals surface area contributed by atoms with Crippen molar-refractivity contribution in [3.8, 4) is 0 Å². The molecule has 5 nitrogen and oxygen atoms in total. The topological polar surface area (TPSA) is 66.5 Å². The lowest BCUT2D eigenvalue weighted by Crippen LogP contribution is -2.26. The minimum absolute atomic E-state index is 0.128. The number of rotatable bonds is 7. The maximum Gasteiger partial charge on any atom is 0.255 e. The highest BCUT2D eigenvalue weighted by Crippen LogP contribution is 2.16. The zero-order valence-corrected chi connectivity index (χ0v) is 17.8. The quantitative estimate of drug-likeness (QED) is 0.603. The van der Waals surface area contributed by atoms with E-state index in [9.17, 15) is 13.2 Å². The molecule has 0 aromatic heterocycles. The van der Waals surface area contributed by atoms with Crippen molar-refractivity contribution in [2.45, 2.75) is 13.5 Å². The predicted molar refractivity (Wildman–Crippen MR) is 121 cm³/mol. The number of aryl methyl sites for hydroxylation is 1. The van der Waals surface area contributed by atoms with Gasteiger partial charge in [-0.3, -0.25) is 9.52 Å². The minimum atomic E-state index is -3.65. The summed E-state index contributed by atoms with van der Waals surface area (Å²) < 4.78 is 27.0. The lowest BCUT2D eigenvalue weighted by atomic mass is 10.1. The predicted octanol–water partition coefficient (Wildman–Crippen LogP) is 4.68. The number of nitrogens with one attached hydrogen (secondary N) is 1. The Hall–Kier alpha value is -3.38. The lowest BCUT2D eigenvalue weighted by Gasteiger charge is -2.18. The zero-order chi connectivity index (χ0) is 21.6. The van der Waals surface area contributed by atoms with Crippen molar-refractivity contribution in [1.29, 1.82) is 0 Å². The van der Waals surface area contributed by atoms with Gasteiger partial charge >= 0.3 is 0 Å². The summed E-state index contributed by atoms with van der Waals surface area (Å²) in [6.07, 6.45) is 1.53. The van der Waals surface area contributed by atoms with Crippen molar-refractivity contribution in [3.05, 3.63) is 107 Å². The molecule has 0 heterocycles. The molecule has 1 N–H and O–H groups in total. The molecule has 3 rings (SSSR count). The summed E-state index contributed by atoms with van der Waals surface area (Å²) in [4.78, 5) is 14.3. The van der Waals surface area contributed by atoms with Gasteiger partial charge in [0.2, 0.25) is 0 Å². The first-order valence-electron chi connectivity index (χ1n) is 9.50. The number of carbonyl (C=O) groups excluding carboxylic acids is 1. The van der Waals surface area contributed by atoms with Crippen LogP contribution in [0.15, 0.2) is 84.3 Å². The molecule has 1 amide bonds. The van der Waals surface area contributed by atoms with Gasteiger partial charge in [-0.1, -0.05) is 54.6 Å². The van der Waals surface area contributed by atoms with Crippen molar-refractivity contribution in [2.75, 3.05) is 11.8 Å². The third-order valence-corrected chi connectivity index (χ3v) is 5.66. The highest BCUT2D eigenvalue weighted by molar-refractivity contribution is 7.95. The Bertz CT molecular complexity index is 1140. The fourth-order valence-electron chi connectivity index (χ4n) is 2.95. The van der Waals surface area contributed by atoms with Crippen LogP contribution in [-0.2, 0) is 16.6 Å². The van der Waals surface area contributed by atoms with Crippen LogP contribution in [0.1, 0.15) is 27.0 Å². The van der Waals surface area contributed by atoms with E-state index in [-0.39, 0.29) is 5.91 Å². The van der Waals surface area contributed by atoms with Gasteiger partial charge in [-0.2, -0.15) is 0 Å². The maximum absolute atomic E-state index is 12.7. The first-order chi connectivity index (χ1) is 14.3. The number of hydrogen-bond donors (Lipinski definition) is 1. The number of nitrogens with zero attached hydrogens (tertiary/aromatic N) is 1. The van der Waals surface area contributed by atoms with E-state index in [1.54, 1.807) is 36.2 Å². The van der Waals surface area contributed by atoms with E-state index in [4.69, 9.17) is 0 Å². The van der Waals surface area contributed by atoms with Crippen molar-refractivity contribution in [3.63, 3.8) is 0 Å². The van der Waals surface area contributed by atoms with Gasteiger partial charge in [0.1, 0.15) is 0 Å². The second kappa shape index (κ2) is 9.41. The third kappa shape index (κ3) is 5.81. The van der Waals surface area contributed by atoms with Crippen molar-refractivity contribution in [1.82, 2.24) is 4.90 Å². The van der Waals surface area contributed by atoms with Gasteiger partial charge in [0, 0.05) is 24.8 Å². The fraction of sp³-hybridized carbons (Fsp3) is 0.125. The van der Waals surface area contributed by atoms with E-state index in [0.29, 0.717) is 17.8 Å². The summed E-state index contributed by atoms with van der Waals surface area (Å²) in [5.41, 5.74) is 3.90. The van der Waals surface area contributed by atoms with Crippen LogP contribution in [0.5, 0.6) is 0 Å². The van der Waals surface area contributed by atoms with Gasteiger partial charge in [0.05, 0.1) is 5.41 Å². The molecule has 0 spiro atoms. The Kier molecular flexibility index (Phi) is 6.69. The van der Waals surface area contributed by atoms with Crippen LogP contribution in [0.25, 0.3) is 6.08 Å². The zero-order valence-electron chi connectivity index (χ0n) is 16.9. The number of hydrogen-bond acceptors (Lipinski definition) is 3. The molecule has 3 aromatic carbocycles. The molecule has 0 fully saturated rings. The van der Waals surface area contributed by atoms with Gasteiger partial charge in [-0.05, 0) is 54.0 Å². The van der Waals surface area contributed by atoms with Gasteiger partial charge in [0.15, 0.2) is 0 Å². The number of sulfonamides is 1. The van der Waals surface area contributed by atoms with Crippen molar-refractivity contribution < 1.29 is 13.2 Å². The van der Waals surface area contributed by atoms with Gasteiger partial charge < -0.3 is 4.90 Å². The summed E-state index contributed by atoms with van der Waals surface area (Å²) in [5.74, 6) is -0.128. The molecule has 0 saturated carbocycles. The summed E-state index contributed by atoms with van der Waals surface area (Å²) in [6.45, 7) is 2.52. The van der Waals surface area contributed by atoms with Crippen molar-refractivity contribution >= 4 is 27.7 Å². The van der Waals surface area contributed by atoms with Gasteiger partial charge in [-0.15, -0.1) is 0 Å². The lowest BCUT2D eigenvalue weighted by molar-refractivity contribution is 0.0785. The summed E-state index contributed by atoms with van der Waals surface area (Å²) >= 11 is 0. The molecule has 6 heteroatoms. The molecule has 154 valence electrons. The molecular weight excluding hydrogens is 396 g/mol. The Morgan fingerprint density at radius 2 is 1.57 bits per heavy atom. The van der Waals surface area contributed by atoms with Crippen LogP contribution in [0.2, 0.25) is 0 Å². The maximum atomic E-state index is 12.7. The van der Waals surface area contributed by atoms with E-state index in [0.717, 1.165) is 22.1 Å². The first-order valence-corrected chi connectivity index (χ1v) is 11.0. The van der Waals surface area contributed by atoms with Crippen LogP contribution in [0.4, 0.5) is 5.69 Å². The highest BCUT2D eigenvalue weighted by Gasteiger charge is 2.13. The second-order valence-corrected chi connectivity index (χ2v) is 8.59. The minimum Gasteiger partial charge on any atom is -0.337 e. The number of benzene rings is 3. The average molecular weight is 421 g/mol. The van der Waals surface area contributed by atoms with E-state index < -0.39 is 10.0 Å². The largest absolute Gasteiger partial charge is 0.337 e. The van der Waals surface area contributed by atoms with E-state index in [1.165, 1.54) is 6.08 Å². The Morgan fingerprint density at radius 1 is 0.933 bits per heavy atom. The van der Waals surface area contributed by atoms with Crippen molar-refractivity contribution in [2.24, 2.45) is 0 Å². The van der Waals surface area contributed by atoms with Crippen LogP contribution < -0.4 is 4.72 Å². The highest BCUT2D eigenvalue weighted by atomic mass is 32.2. The smallest absolute Gasteiger partial charge is 0.255 e. The summed E-state index contributed by atoms with van der Waals surface area (Å²) in [5, 5.41) is 1.12. The summed E-state index contributed by atoms with van der Waals surface area (Å²) in [7, 11) is -1.90. The normalized spacial score (nSPS) is 11.4. The molecule has 30 heavy (non-hydrogen) atoms. The number of amides is 1. The Balaban J connectivity index is 1.64. The molecule has 3 aromatic rings. The molecule has 0 aliphatic heterocycles. The summed E-state index contributed by atoms with van der Waals surface area (Å²) in [6, 6.07) is 23.5. The van der Waals surface area contributed by atoms with Crippen LogP contribution in [-0.4, -0.2) is 26.3 Å². The molecule has 0 atom stereocenters. The van der Waals surface area contributed by atoms with E-state index in [2.05, 4.69) is 4.72 Å². The van der Waals surface area contributed by atoms with Crippen LogP contribution in [0.3, 0.4) is 0 Å². The van der Waals surface area contributed by atoms with Gasteiger partial charge in [-0.25, -0.2) is 8.42 Å². The van der Waals surface area contributed by atoms with Crippen LogP contribution in [0, 0.1) is 6.92 Å². The SMILES string of the molecule is Cc1ccccc1CN(C)C(=O)c1ccc(NS(=O)(=O)/C=C/c2ccccc2)cc1. The van der Waals surface area contributed by atoms with E-state index in [1.807, 2.05) is 61.5 Å². The monoisotopic (exact) mass is 420 g/mol. The Labute approximate surface area is 177 Å². The molecule has 0 aliphatic rings. The molecule has 0 saturated heterocycles. The number of anilines is 1. The standard InChI is InChI=1S/C24H24N2O3S/c1-19-8-6-7-11-22(19)18-26(2)24(27)21-12-14-23(15-13-21)25-30(28,29)17-16-20-9-4-3-5-10-20/h3-17,25H,18H2,1-2H3/b17-16+. The second-order valence-electron chi connectivity index (χ2n) is 7.03. The third-order valence-electron chi connectivity index (χ3n) is 4.65. The Morgan fingerprint density at radius 3 is 2.23 bits per heavy atom. The number of carbonyl (C=O) groups is 1. The molecule has 0 radical (unpaired) electrons. The first kappa shape index (κ1) is 21.3. The molecule has 0 unspecified atom stereocenters.